The molecule has 0 aromatic heterocycles. The summed E-state index contributed by atoms with van der Waals surface area (Å²) in [6.07, 6.45) is 0.663. The third-order valence-corrected chi connectivity index (χ3v) is 4.67. The molecule has 0 saturated heterocycles. The number of nitrogens with two attached hydrogens (primary N) is 1. The van der Waals surface area contributed by atoms with Gasteiger partial charge >= 0.3 is 5.97 Å². The molecule has 0 spiro atoms. The second kappa shape index (κ2) is 6.56. The highest BCUT2D eigenvalue weighted by molar-refractivity contribution is 7.92. The average molecular weight is 285 g/mol. The fourth-order valence-electron chi connectivity index (χ4n) is 1.44. The van der Waals surface area contributed by atoms with E-state index < -0.39 is 21.1 Å². The molecule has 1 aromatic rings. The molecule has 0 radical (unpaired) electrons. The van der Waals surface area contributed by atoms with Crippen molar-refractivity contribution in [3.8, 4) is 0 Å². The molecule has 19 heavy (non-hydrogen) atoms. The van der Waals surface area contributed by atoms with Crippen LogP contribution in [0.25, 0.3) is 0 Å². The first-order valence-corrected chi connectivity index (χ1v) is 7.81. The van der Waals surface area contributed by atoms with Gasteiger partial charge in [-0.15, -0.1) is 0 Å². The van der Waals surface area contributed by atoms with Crippen molar-refractivity contribution in [3.05, 3.63) is 29.8 Å². The molecule has 6 heteroatoms. The number of nitrogen functional groups attached to an aromatic ring is 1. The zero-order valence-corrected chi connectivity index (χ0v) is 11.9. The number of carbonyl (C=O) groups is 1. The second-order valence-electron chi connectivity index (χ2n) is 4.36. The molecule has 1 rings (SSSR count). The van der Waals surface area contributed by atoms with E-state index >= 15 is 0 Å². The van der Waals surface area contributed by atoms with Crippen LogP contribution in [0.15, 0.2) is 24.3 Å². The number of carbonyl (C=O) groups excluding carboxylic acids is 1. The van der Waals surface area contributed by atoms with Gasteiger partial charge in [0.15, 0.2) is 15.1 Å². The lowest BCUT2D eigenvalue weighted by molar-refractivity contribution is -0.142. The Hall–Kier alpha value is -1.56. The minimum atomic E-state index is -3.57. The van der Waals surface area contributed by atoms with Gasteiger partial charge in [0.1, 0.15) is 0 Å². The molecule has 106 valence electrons. The number of esters is 1. The smallest absolute Gasteiger partial charge is 0.324 e. The summed E-state index contributed by atoms with van der Waals surface area (Å²) in [6.45, 7) is 3.44. The number of hydrogen-bond donors (Lipinski definition) is 1. The Kier molecular flexibility index (Phi) is 5.35. The summed E-state index contributed by atoms with van der Waals surface area (Å²) in [6, 6.07) is 6.53. The molecule has 0 bridgehead atoms. The first-order valence-electron chi connectivity index (χ1n) is 6.09. The highest BCUT2D eigenvalue weighted by Gasteiger charge is 2.29. The molecule has 5 nitrogen and oxygen atoms in total. The van der Waals surface area contributed by atoms with Crippen LogP contribution in [0, 0.1) is 0 Å². The molecular weight excluding hydrogens is 266 g/mol. The van der Waals surface area contributed by atoms with Crippen molar-refractivity contribution in [2.45, 2.75) is 31.3 Å². The van der Waals surface area contributed by atoms with Crippen LogP contribution in [0.3, 0.4) is 0 Å². The van der Waals surface area contributed by atoms with Crippen LogP contribution in [0.5, 0.6) is 0 Å². The van der Waals surface area contributed by atoms with Crippen LogP contribution in [-0.4, -0.2) is 26.2 Å². The average Bonchev–Trinajstić information content (AvgIpc) is 2.37. The summed E-state index contributed by atoms with van der Waals surface area (Å²) in [7, 11) is -3.57. The lowest BCUT2D eigenvalue weighted by Crippen LogP contribution is -2.30. The van der Waals surface area contributed by atoms with E-state index in [4.69, 9.17) is 10.5 Å². The summed E-state index contributed by atoms with van der Waals surface area (Å²) in [5.41, 5.74) is 6.70. The van der Waals surface area contributed by atoms with Crippen LogP contribution in [0.2, 0.25) is 0 Å². The lowest BCUT2D eigenvalue weighted by Gasteiger charge is -2.12. The van der Waals surface area contributed by atoms with Gasteiger partial charge in [-0.3, -0.25) is 4.79 Å². The molecule has 0 heterocycles. The minimum Gasteiger partial charge on any atom is -0.465 e. The summed E-state index contributed by atoms with van der Waals surface area (Å²) < 4.78 is 29.0. The maximum Gasteiger partial charge on any atom is 0.324 e. The Morgan fingerprint density at radius 1 is 1.32 bits per heavy atom. The fraction of sp³-hybridized carbons (Fsp3) is 0.462. The van der Waals surface area contributed by atoms with E-state index in [-0.39, 0.29) is 12.4 Å². The molecule has 0 amide bonds. The standard InChI is InChI=1S/C13H19NO4S/c1-3-8-18-13(15)10(2)19(16,17)9-11-4-6-12(14)7-5-11/h4-7,10H,3,8-9,14H2,1-2H3. The third kappa shape index (κ3) is 4.55. The molecule has 1 unspecified atom stereocenters. The Bertz CT molecular complexity index is 522. The maximum atomic E-state index is 12.1. The molecular formula is C13H19NO4S. The number of hydrogen-bond acceptors (Lipinski definition) is 5. The topological polar surface area (TPSA) is 86.5 Å². The number of anilines is 1. The number of sulfone groups is 1. The quantitative estimate of drug-likeness (QED) is 0.632. The summed E-state index contributed by atoms with van der Waals surface area (Å²) in [5.74, 6) is -0.896. The van der Waals surface area contributed by atoms with Crippen LogP contribution in [0.1, 0.15) is 25.8 Å². The van der Waals surface area contributed by atoms with Crippen molar-refractivity contribution in [2.75, 3.05) is 12.3 Å². The predicted molar refractivity (Wildman–Crippen MR) is 74.2 cm³/mol. The van der Waals surface area contributed by atoms with Gasteiger partial charge < -0.3 is 10.5 Å². The number of ether oxygens (including phenoxy) is 1. The van der Waals surface area contributed by atoms with Gasteiger partial charge in [-0.2, -0.15) is 0 Å². The Labute approximate surface area is 113 Å². The van der Waals surface area contributed by atoms with E-state index in [1.54, 1.807) is 24.3 Å². The molecule has 0 saturated carbocycles. The molecule has 2 N–H and O–H groups in total. The van der Waals surface area contributed by atoms with Gasteiger partial charge in [0.05, 0.1) is 12.4 Å². The lowest BCUT2D eigenvalue weighted by atomic mass is 10.2. The third-order valence-electron chi connectivity index (χ3n) is 2.67. The largest absolute Gasteiger partial charge is 0.465 e. The van der Waals surface area contributed by atoms with Gasteiger partial charge in [-0.05, 0) is 31.0 Å². The predicted octanol–water partition coefficient (Wildman–Crippen LogP) is 1.53. The van der Waals surface area contributed by atoms with Crippen molar-refractivity contribution < 1.29 is 17.9 Å². The highest BCUT2D eigenvalue weighted by atomic mass is 32.2. The van der Waals surface area contributed by atoms with Crippen LogP contribution in [-0.2, 0) is 25.1 Å². The number of rotatable bonds is 6. The molecule has 0 aliphatic carbocycles. The van der Waals surface area contributed by atoms with Crippen LogP contribution in [0.4, 0.5) is 5.69 Å². The Morgan fingerprint density at radius 3 is 2.42 bits per heavy atom. The Morgan fingerprint density at radius 2 is 1.89 bits per heavy atom. The van der Waals surface area contributed by atoms with E-state index in [9.17, 15) is 13.2 Å². The van der Waals surface area contributed by atoms with Gasteiger partial charge in [-0.1, -0.05) is 19.1 Å². The minimum absolute atomic E-state index is 0.199. The van der Waals surface area contributed by atoms with E-state index in [1.807, 2.05) is 6.92 Å². The normalized spacial score (nSPS) is 12.9. The monoisotopic (exact) mass is 285 g/mol. The van der Waals surface area contributed by atoms with E-state index in [0.29, 0.717) is 17.7 Å². The highest BCUT2D eigenvalue weighted by Crippen LogP contribution is 2.14. The van der Waals surface area contributed by atoms with Crippen LogP contribution >= 0.6 is 0 Å². The molecule has 0 fully saturated rings. The zero-order valence-electron chi connectivity index (χ0n) is 11.1. The van der Waals surface area contributed by atoms with Gasteiger partial charge in [-0.25, -0.2) is 8.42 Å². The van der Waals surface area contributed by atoms with Crippen molar-refractivity contribution in [1.82, 2.24) is 0 Å². The molecule has 1 aromatic carbocycles. The van der Waals surface area contributed by atoms with E-state index in [2.05, 4.69) is 0 Å². The number of benzene rings is 1. The summed E-state index contributed by atoms with van der Waals surface area (Å²) >= 11 is 0. The van der Waals surface area contributed by atoms with Crippen molar-refractivity contribution in [1.29, 1.82) is 0 Å². The van der Waals surface area contributed by atoms with E-state index in [1.165, 1.54) is 6.92 Å². The van der Waals surface area contributed by atoms with Crippen molar-refractivity contribution in [3.63, 3.8) is 0 Å². The van der Waals surface area contributed by atoms with Crippen LogP contribution < -0.4 is 5.73 Å². The first kappa shape index (κ1) is 15.5. The van der Waals surface area contributed by atoms with E-state index in [0.717, 1.165) is 0 Å². The van der Waals surface area contributed by atoms with Gasteiger partial charge in [0.2, 0.25) is 0 Å². The summed E-state index contributed by atoms with van der Waals surface area (Å²) in [4.78, 5) is 11.6. The SMILES string of the molecule is CCCOC(=O)C(C)S(=O)(=O)Cc1ccc(N)cc1. The Balaban J connectivity index is 2.75. The van der Waals surface area contributed by atoms with Crippen molar-refractivity contribution in [2.24, 2.45) is 0 Å². The fourth-order valence-corrected chi connectivity index (χ4v) is 2.71. The molecule has 0 aliphatic rings. The zero-order chi connectivity index (χ0) is 14.5. The van der Waals surface area contributed by atoms with Gasteiger partial charge in [0.25, 0.3) is 0 Å². The van der Waals surface area contributed by atoms with Crippen molar-refractivity contribution >= 4 is 21.5 Å². The summed E-state index contributed by atoms with van der Waals surface area (Å²) in [5, 5.41) is -1.16. The first-order chi connectivity index (χ1) is 8.86. The van der Waals surface area contributed by atoms with Gasteiger partial charge in [0, 0.05) is 5.69 Å². The molecule has 0 aliphatic heterocycles. The molecule has 1 atom stereocenters. The second-order valence-corrected chi connectivity index (χ2v) is 6.68. The maximum absolute atomic E-state index is 12.1.